The molecule has 0 aliphatic carbocycles. The van der Waals surface area contributed by atoms with E-state index >= 15 is 0 Å². The minimum atomic E-state index is 0.568. The second-order valence-corrected chi connectivity index (χ2v) is 6.26. The second-order valence-electron chi connectivity index (χ2n) is 6.26. The average Bonchev–Trinajstić information content (AvgIpc) is 2.45. The van der Waals surface area contributed by atoms with Crippen LogP contribution in [0.5, 0.6) is 0 Å². The van der Waals surface area contributed by atoms with E-state index in [1.165, 1.54) is 83.7 Å². The molecule has 1 nitrogen and oxygen atoms in total. The van der Waals surface area contributed by atoms with Crippen LogP contribution in [0.25, 0.3) is 0 Å². The van der Waals surface area contributed by atoms with Crippen LogP contribution in [0.1, 0.15) is 98.3 Å². The highest BCUT2D eigenvalue weighted by molar-refractivity contribution is 4.79. The van der Waals surface area contributed by atoms with Gasteiger partial charge >= 0.3 is 0 Å². The van der Waals surface area contributed by atoms with E-state index in [1.54, 1.807) is 0 Å². The fourth-order valence-electron chi connectivity index (χ4n) is 2.93. The lowest BCUT2D eigenvalue weighted by molar-refractivity contribution is 0.220. The zero-order chi connectivity index (χ0) is 14.4. The first kappa shape index (κ1) is 19.0. The van der Waals surface area contributed by atoms with E-state index in [2.05, 4.69) is 33.0 Å². The summed E-state index contributed by atoms with van der Waals surface area (Å²) >= 11 is 0. The number of hydrogen-bond donors (Lipinski definition) is 1. The summed E-state index contributed by atoms with van der Waals surface area (Å²) in [5.74, 6) is 0. The Bertz CT molecular complexity index is 173. The highest BCUT2D eigenvalue weighted by atomic mass is 14.9. The van der Waals surface area contributed by atoms with Crippen LogP contribution >= 0.6 is 0 Å². The molecular formula is C18H39N. The lowest BCUT2D eigenvalue weighted by Gasteiger charge is -2.32. The van der Waals surface area contributed by atoms with Crippen molar-refractivity contribution in [3.8, 4) is 0 Å². The van der Waals surface area contributed by atoms with Crippen LogP contribution in [0.4, 0.5) is 0 Å². The Hall–Kier alpha value is -0.0400. The van der Waals surface area contributed by atoms with Crippen molar-refractivity contribution < 1.29 is 0 Å². The van der Waals surface area contributed by atoms with Crippen LogP contribution in [0.15, 0.2) is 0 Å². The van der Waals surface area contributed by atoms with Crippen molar-refractivity contribution in [1.29, 1.82) is 0 Å². The Kier molecular flexibility index (Phi) is 12.9. The lowest BCUT2D eigenvalue weighted by atomic mass is 9.77. The van der Waals surface area contributed by atoms with Crippen LogP contribution in [-0.4, -0.2) is 13.1 Å². The van der Waals surface area contributed by atoms with Gasteiger partial charge in [-0.15, -0.1) is 0 Å². The Morgan fingerprint density at radius 2 is 1.26 bits per heavy atom. The van der Waals surface area contributed by atoms with Crippen molar-refractivity contribution >= 4 is 0 Å². The summed E-state index contributed by atoms with van der Waals surface area (Å²) < 4.78 is 0. The van der Waals surface area contributed by atoms with Crippen LogP contribution in [0.2, 0.25) is 0 Å². The third kappa shape index (κ3) is 9.49. The summed E-state index contributed by atoms with van der Waals surface area (Å²) in [6.07, 6.45) is 15.3. The molecule has 1 heteroatoms. The molecule has 0 atom stereocenters. The fraction of sp³-hybridized carbons (Fsp3) is 1.00. The van der Waals surface area contributed by atoms with Gasteiger partial charge in [-0.25, -0.2) is 0 Å². The molecule has 19 heavy (non-hydrogen) atoms. The van der Waals surface area contributed by atoms with Crippen molar-refractivity contribution in [2.75, 3.05) is 13.1 Å². The molecule has 0 radical (unpaired) electrons. The maximum absolute atomic E-state index is 3.65. The Morgan fingerprint density at radius 1 is 0.684 bits per heavy atom. The molecule has 0 saturated carbocycles. The van der Waals surface area contributed by atoms with E-state index in [4.69, 9.17) is 0 Å². The average molecular weight is 270 g/mol. The van der Waals surface area contributed by atoms with Crippen molar-refractivity contribution in [3.05, 3.63) is 0 Å². The monoisotopic (exact) mass is 269 g/mol. The molecule has 0 aromatic rings. The minimum Gasteiger partial charge on any atom is -0.316 e. The highest BCUT2D eigenvalue weighted by Crippen LogP contribution is 2.32. The van der Waals surface area contributed by atoms with Gasteiger partial charge in [0.2, 0.25) is 0 Å². The first-order valence-corrected chi connectivity index (χ1v) is 8.95. The van der Waals surface area contributed by atoms with Crippen molar-refractivity contribution in [3.63, 3.8) is 0 Å². The molecule has 0 unspecified atom stereocenters. The maximum Gasteiger partial charge on any atom is 0.000760 e. The zero-order valence-corrected chi connectivity index (χ0v) is 14.2. The van der Waals surface area contributed by atoms with Gasteiger partial charge in [-0.05, 0) is 37.6 Å². The molecule has 0 aromatic heterocycles. The molecule has 0 aliphatic rings. The van der Waals surface area contributed by atoms with E-state index in [1.807, 2.05) is 0 Å². The number of hydrogen-bond acceptors (Lipinski definition) is 1. The van der Waals surface area contributed by atoms with E-state index in [9.17, 15) is 0 Å². The van der Waals surface area contributed by atoms with E-state index < -0.39 is 0 Å². The van der Waals surface area contributed by atoms with E-state index in [0.717, 1.165) is 0 Å². The van der Waals surface area contributed by atoms with Gasteiger partial charge in [0, 0.05) is 6.54 Å². The molecule has 0 saturated heterocycles. The number of nitrogens with one attached hydrogen (secondary N) is 1. The molecule has 0 heterocycles. The Balaban J connectivity index is 3.74. The Morgan fingerprint density at radius 3 is 1.79 bits per heavy atom. The summed E-state index contributed by atoms with van der Waals surface area (Å²) in [6.45, 7) is 11.7. The molecule has 0 aromatic carbocycles. The maximum atomic E-state index is 3.65. The summed E-state index contributed by atoms with van der Waals surface area (Å²) in [4.78, 5) is 0. The topological polar surface area (TPSA) is 12.0 Å². The Labute approximate surface area is 122 Å². The van der Waals surface area contributed by atoms with Gasteiger partial charge in [-0.3, -0.25) is 0 Å². The molecule has 0 spiro atoms. The SMILES string of the molecule is CCCCCCCCCC(CC)(CC)CNCCC. The van der Waals surface area contributed by atoms with Crippen LogP contribution in [0, 0.1) is 5.41 Å². The molecule has 0 bridgehead atoms. The van der Waals surface area contributed by atoms with Crippen LogP contribution < -0.4 is 5.32 Å². The number of rotatable bonds is 14. The van der Waals surface area contributed by atoms with Crippen molar-refractivity contribution in [1.82, 2.24) is 5.32 Å². The molecular weight excluding hydrogens is 230 g/mol. The summed E-state index contributed by atoms with van der Waals surface area (Å²) in [7, 11) is 0. The first-order chi connectivity index (χ1) is 9.24. The first-order valence-electron chi connectivity index (χ1n) is 8.95. The third-order valence-corrected chi connectivity index (χ3v) is 4.74. The summed E-state index contributed by atoms with van der Waals surface area (Å²) in [5, 5.41) is 3.65. The van der Waals surface area contributed by atoms with Crippen LogP contribution in [0.3, 0.4) is 0 Å². The molecule has 0 fully saturated rings. The zero-order valence-electron chi connectivity index (χ0n) is 14.2. The summed E-state index contributed by atoms with van der Waals surface area (Å²) in [6, 6.07) is 0. The van der Waals surface area contributed by atoms with Crippen molar-refractivity contribution in [2.45, 2.75) is 98.3 Å². The molecule has 0 amide bonds. The van der Waals surface area contributed by atoms with E-state index in [0.29, 0.717) is 5.41 Å². The normalized spacial score (nSPS) is 12.0. The van der Waals surface area contributed by atoms with Gasteiger partial charge in [-0.1, -0.05) is 72.6 Å². The second kappa shape index (κ2) is 13.0. The largest absolute Gasteiger partial charge is 0.316 e. The van der Waals surface area contributed by atoms with Gasteiger partial charge in [0.25, 0.3) is 0 Å². The molecule has 0 rings (SSSR count). The fourth-order valence-corrected chi connectivity index (χ4v) is 2.93. The smallest absolute Gasteiger partial charge is 0.000760 e. The lowest BCUT2D eigenvalue weighted by Crippen LogP contribution is -2.34. The third-order valence-electron chi connectivity index (χ3n) is 4.74. The molecule has 0 aliphatic heterocycles. The van der Waals surface area contributed by atoms with Gasteiger partial charge in [-0.2, -0.15) is 0 Å². The van der Waals surface area contributed by atoms with E-state index in [-0.39, 0.29) is 0 Å². The molecule has 1 N–H and O–H groups in total. The predicted molar refractivity (Wildman–Crippen MR) is 88.8 cm³/mol. The van der Waals surface area contributed by atoms with Gasteiger partial charge in [0.05, 0.1) is 0 Å². The number of unbranched alkanes of at least 4 members (excludes halogenated alkanes) is 6. The minimum absolute atomic E-state index is 0.568. The van der Waals surface area contributed by atoms with Gasteiger partial charge < -0.3 is 5.32 Å². The van der Waals surface area contributed by atoms with Gasteiger partial charge in [0.1, 0.15) is 0 Å². The predicted octanol–water partition coefficient (Wildman–Crippen LogP) is 5.93. The van der Waals surface area contributed by atoms with Gasteiger partial charge in [0.15, 0.2) is 0 Å². The standard InChI is InChI=1S/C18H39N/c1-5-9-10-11-12-13-14-15-18(7-3,8-4)17-19-16-6-2/h19H,5-17H2,1-4H3. The van der Waals surface area contributed by atoms with Crippen molar-refractivity contribution in [2.24, 2.45) is 5.41 Å². The summed E-state index contributed by atoms with van der Waals surface area (Å²) in [5.41, 5.74) is 0.568. The highest BCUT2D eigenvalue weighted by Gasteiger charge is 2.24. The molecule has 116 valence electrons. The quantitative estimate of drug-likeness (QED) is 0.385. The van der Waals surface area contributed by atoms with Crippen LogP contribution in [-0.2, 0) is 0 Å².